The summed E-state index contributed by atoms with van der Waals surface area (Å²) >= 11 is 0. The Bertz CT molecular complexity index is 583. The molecule has 0 spiro atoms. The molecule has 2 rings (SSSR count). The van der Waals surface area contributed by atoms with Crippen LogP contribution in [0.3, 0.4) is 0 Å². The predicted octanol–water partition coefficient (Wildman–Crippen LogP) is 2.92. The molecule has 1 atom stereocenters. The van der Waals surface area contributed by atoms with Crippen LogP contribution in [0, 0.1) is 13.8 Å². The maximum absolute atomic E-state index is 10.7. The smallest absolute Gasteiger partial charge is 0.122 e. The van der Waals surface area contributed by atoms with Crippen LogP contribution in [0.2, 0.25) is 0 Å². The molecule has 3 N–H and O–H groups in total. The van der Waals surface area contributed by atoms with Gasteiger partial charge in [-0.15, -0.1) is 0 Å². The van der Waals surface area contributed by atoms with Crippen LogP contribution in [0.1, 0.15) is 23.1 Å². The van der Waals surface area contributed by atoms with E-state index in [0.717, 1.165) is 16.9 Å². The number of benzene rings is 2. The van der Waals surface area contributed by atoms with E-state index >= 15 is 0 Å². The van der Waals surface area contributed by atoms with Crippen LogP contribution in [0.5, 0.6) is 5.75 Å². The average Bonchev–Trinajstić information content (AvgIpc) is 2.52. The highest BCUT2D eigenvalue weighted by Gasteiger charge is 2.27. The monoisotopic (exact) mass is 285 g/mol. The quantitative estimate of drug-likeness (QED) is 0.858. The largest absolute Gasteiger partial charge is 0.493 e. The van der Waals surface area contributed by atoms with Crippen LogP contribution in [-0.4, -0.2) is 18.3 Å². The van der Waals surface area contributed by atoms with E-state index in [1.54, 1.807) is 0 Å². The third-order valence-corrected chi connectivity index (χ3v) is 3.98. The zero-order valence-corrected chi connectivity index (χ0v) is 12.7. The minimum atomic E-state index is -1.04. The van der Waals surface area contributed by atoms with E-state index < -0.39 is 5.60 Å². The molecule has 2 aromatic rings. The second-order valence-electron chi connectivity index (χ2n) is 5.40. The fourth-order valence-electron chi connectivity index (χ4n) is 2.32. The van der Waals surface area contributed by atoms with Gasteiger partial charge in [-0.05, 0) is 36.6 Å². The van der Waals surface area contributed by atoms with Crippen LogP contribution in [0.15, 0.2) is 48.5 Å². The molecule has 21 heavy (non-hydrogen) atoms. The van der Waals surface area contributed by atoms with Crippen molar-refractivity contribution in [3.8, 4) is 5.75 Å². The molecule has 0 saturated carbocycles. The maximum atomic E-state index is 10.7. The van der Waals surface area contributed by atoms with Crippen molar-refractivity contribution in [2.45, 2.75) is 25.9 Å². The Morgan fingerprint density at radius 1 is 1.05 bits per heavy atom. The Labute approximate surface area is 126 Å². The highest BCUT2D eigenvalue weighted by molar-refractivity contribution is 5.38. The lowest BCUT2D eigenvalue weighted by molar-refractivity contribution is 0.0232. The van der Waals surface area contributed by atoms with E-state index in [1.165, 1.54) is 5.56 Å². The molecule has 0 aliphatic heterocycles. The van der Waals surface area contributed by atoms with E-state index in [2.05, 4.69) is 13.0 Å². The minimum Gasteiger partial charge on any atom is -0.493 e. The first-order chi connectivity index (χ1) is 10.1. The summed E-state index contributed by atoms with van der Waals surface area (Å²) in [5.41, 5.74) is 7.89. The highest BCUT2D eigenvalue weighted by atomic mass is 16.5. The summed E-state index contributed by atoms with van der Waals surface area (Å²) in [6.45, 7) is 4.69. The Morgan fingerprint density at radius 3 is 2.43 bits per heavy atom. The number of rotatable bonds is 6. The Balaban J connectivity index is 2.03. The number of hydrogen-bond donors (Lipinski definition) is 2. The van der Waals surface area contributed by atoms with Gasteiger partial charge < -0.3 is 15.6 Å². The lowest BCUT2D eigenvalue weighted by Crippen LogP contribution is -2.36. The van der Waals surface area contributed by atoms with Gasteiger partial charge in [-0.2, -0.15) is 0 Å². The molecule has 0 amide bonds. The third kappa shape index (κ3) is 3.63. The minimum absolute atomic E-state index is 0.174. The van der Waals surface area contributed by atoms with Gasteiger partial charge in [-0.1, -0.05) is 42.5 Å². The zero-order valence-electron chi connectivity index (χ0n) is 12.7. The molecule has 0 heterocycles. The van der Waals surface area contributed by atoms with E-state index in [0.29, 0.717) is 13.0 Å². The van der Waals surface area contributed by atoms with Gasteiger partial charge in [-0.3, -0.25) is 0 Å². The molecule has 1 unspecified atom stereocenters. The van der Waals surface area contributed by atoms with Crippen molar-refractivity contribution in [2.24, 2.45) is 5.73 Å². The number of nitrogens with two attached hydrogens (primary N) is 1. The average molecular weight is 285 g/mol. The molecule has 0 saturated heterocycles. The van der Waals surface area contributed by atoms with Gasteiger partial charge in [0.05, 0.1) is 6.61 Å². The first kappa shape index (κ1) is 15.5. The molecule has 3 nitrogen and oxygen atoms in total. The number of aliphatic hydroxyl groups is 1. The standard InChI is InChI=1S/C18H23NO2/c1-14-7-6-10-17(15(14)2)21-12-11-18(20,13-19)16-8-4-3-5-9-16/h3-10,20H,11-13,19H2,1-2H3. The second-order valence-corrected chi connectivity index (χ2v) is 5.40. The number of ether oxygens (including phenoxy) is 1. The van der Waals surface area contributed by atoms with Gasteiger partial charge in [0, 0.05) is 13.0 Å². The lowest BCUT2D eigenvalue weighted by atomic mass is 9.91. The van der Waals surface area contributed by atoms with Crippen molar-refractivity contribution < 1.29 is 9.84 Å². The molecule has 112 valence electrons. The van der Waals surface area contributed by atoms with Crippen LogP contribution < -0.4 is 10.5 Å². The molecule has 2 aromatic carbocycles. The summed E-state index contributed by atoms with van der Waals surface area (Å²) < 4.78 is 5.82. The van der Waals surface area contributed by atoms with E-state index in [9.17, 15) is 5.11 Å². The van der Waals surface area contributed by atoms with Gasteiger partial charge in [0.25, 0.3) is 0 Å². The van der Waals surface area contributed by atoms with Gasteiger partial charge >= 0.3 is 0 Å². The second kappa shape index (κ2) is 6.74. The van der Waals surface area contributed by atoms with Gasteiger partial charge in [0.15, 0.2) is 0 Å². The lowest BCUT2D eigenvalue weighted by Gasteiger charge is -2.27. The maximum Gasteiger partial charge on any atom is 0.122 e. The first-order valence-corrected chi connectivity index (χ1v) is 7.24. The molecule has 0 radical (unpaired) electrons. The molecule has 0 bridgehead atoms. The molecule has 0 aromatic heterocycles. The third-order valence-electron chi connectivity index (χ3n) is 3.98. The molecule has 0 aliphatic rings. The summed E-state index contributed by atoms with van der Waals surface area (Å²) in [5, 5.41) is 10.7. The van der Waals surface area contributed by atoms with Gasteiger partial charge in [0.1, 0.15) is 11.4 Å². The fourth-order valence-corrected chi connectivity index (χ4v) is 2.32. The van der Waals surface area contributed by atoms with E-state index in [4.69, 9.17) is 10.5 Å². The van der Waals surface area contributed by atoms with Crippen molar-refractivity contribution in [1.29, 1.82) is 0 Å². The summed E-state index contributed by atoms with van der Waals surface area (Å²) in [5.74, 6) is 0.863. The highest BCUT2D eigenvalue weighted by Crippen LogP contribution is 2.25. The van der Waals surface area contributed by atoms with Gasteiger partial charge in [-0.25, -0.2) is 0 Å². The molecule has 3 heteroatoms. The molecule has 0 fully saturated rings. The number of aryl methyl sites for hydroxylation is 1. The van der Waals surface area contributed by atoms with Crippen molar-refractivity contribution >= 4 is 0 Å². The summed E-state index contributed by atoms with van der Waals surface area (Å²) in [6.07, 6.45) is 0.459. The Hall–Kier alpha value is -1.84. The van der Waals surface area contributed by atoms with Crippen molar-refractivity contribution in [3.05, 3.63) is 65.2 Å². The Kier molecular flexibility index (Phi) is 4.99. The summed E-state index contributed by atoms with van der Waals surface area (Å²) in [7, 11) is 0. The first-order valence-electron chi connectivity index (χ1n) is 7.24. The van der Waals surface area contributed by atoms with Crippen molar-refractivity contribution in [2.75, 3.05) is 13.2 Å². The predicted molar refractivity (Wildman–Crippen MR) is 85.4 cm³/mol. The van der Waals surface area contributed by atoms with Crippen molar-refractivity contribution in [3.63, 3.8) is 0 Å². The van der Waals surface area contributed by atoms with Gasteiger partial charge in [0.2, 0.25) is 0 Å². The normalized spacial score (nSPS) is 13.7. The topological polar surface area (TPSA) is 55.5 Å². The molecular weight excluding hydrogens is 262 g/mol. The molecule has 0 aliphatic carbocycles. The van der Waals surface area contributed by atoms with Crippen LogP contribution in [0.4, 0.5) is 0 Å². The summed E-state index contributed by atoms with van der Waals surface area (Å²) in [4.78, 5) is 0. The van der Waals surface area contributed by atoms with E-state index in [1.807, 2.05) is 49.4 Å². The molecular formula is C18H23NO2. The van der Waals surface area contributed by atoms with Crippen LogP contribution in [0.25, 0.3) is 0 Å². The van der Waals surface area contributed by atoms with Crippen LogP contribution in [-0.2, 0) is 5.60 Å². The SMILES string of the molecule is Cc1cccc(OCCC(O)(CN)c2ccccc2)c1C. The fraction of sp³-hybridized carbons (Fsp3) is 0.333. The summed E-state index contributed by atoms with van der Waals surface area (Å²) in [6, 6.07) is 15.5. The Morgan fingerprint density at radius 2 is 1.76 bits per heavy atom. The zero-order chi connectivity index (χ0) is 15.3. The van der Waals surface area contributed by atoms with Crippen LogP contribution >= 0.6 is 0 Å². The van der Waals surface area contributed by atoms with Crippen molar-refractivity contribution in [1.82, 2.24) is 0 Å². The van der Waals surface area contributed by atoms with E-state index in [-0.39, 0.29) is 6.54 Å². The number of hydrogen-bond acceptors (Lipinski definition) is 3.